The molecule has 0 bridgehead atoms. The van der Waals surface area contributed by atoms with Crippen molar-refractivity contribution in [1.29, 1.82) is 0 Å². The number of aliphatic carboxylic acids is 1. The molecule has 0 radical (unpaired) electrons. The maximum Gasteiger partial charge on any atom is 0.317 e. The third kappa shape index (κ3) is 4.04. The van der Waals surface area contributed by atoms with E-state index in [-0.39, 0.29) is 12.6 Å². The van der Waals surface area contributed by atoms with Crippen molar-refractivity contribution in [2.45, 2.75) is 25.8 Å². The van der Waals surface area contributed by atoms with Gasteiger partial charge < -0.3 is 10.4 Å². The van der Waals surface area contributed by atoms with Crippen molar-refractivity contribution in [1.82, 2.24) is 15.1 Å². The molecule has 7 heteroatoms. The van der Waals surface area contributed by atoms with E-state index in [1.807, 2.05) is 17.9 Å². The average Bonchev–Trinajstić information content (AvgIpc) is 2.33. The Hall–Kier alpha value is -1.40. The first-order chi connectivity index (χ1) is 9.04. The zero-order chi connectivity index (χ0) is 13.8. The van der Waals surface area contributed by atoms with Crippen LogP contribution in [0, 0.1) is 6.92 Å². The summed E-state index contributed by atoms with van der Waals surface area (Å²) >= 11 is 5.83. The summed E-state index contributed by atoms with van der Waals surface area (Å²) in [4.78, 5) is 12.6. The predicted molar refractivity (Wildman–Crippen MR) is 72.5 cm³/mol. The number of nitrogens with one attached hydrogen (secondary N) is 1. The van der Waals surface area contributed by atoms with Crippen LogP contribution in [0.5, 0.6) is 0 Å². The second-order valence-corrected chi connectivity index (χ2v) is 5.17. The van der Waals surface area contributed by atoms with Crippen LogP contribution in [0.15, 0.2) is 6.07 Å². The maximum absolute atomic E-state index is 10.7. The standard InChI is InChI=1S/C12H17ClN4O2/c1-8-5-10(15-16-12(8)13)14-9-3-2-4-17(6-9)7-11(18)19/h5,9H,2-4,6-7H2,1H3,(H,14,15)(H,18,19). The molecule has 1 fully saturated rings. The molecule has 2 rings (SSSR count). The third-order valence-corrected chi connectivity index (χ3v) is 3.51. The molecule has 2 N–H and O–H groups in total. The van der Waals surface area contributed by atoms with E-state index in [4.69, 9.17) is 16.7 Å². The van der Waals surface area contributed by atoms with Crippen molar-refractivity contribution in [3.8, 4) is 0 Å². The van der Waals surface area contributed by atoms with Crippen LogP contribution in [-0.2, 0) is 4.79 Å². The minimum atomic E-state index is -0.789. The van der Waals surface area contributed by atoms with E-state index in [0.717, 1.165) is 24.9 Å². The molecular weight excluding hydrogens is 268 g/mol. The van der Waals surface area contributed by atoms with Gasteiger partial charge in [-0.3, -0.25) is 9.69 Å². The van der Waals surface area contributed by atoms with Crippen LogP contribution in [0.3, 0.4) is 0 Å². The van der Waals surface area contributed by atoms with Crippen LogP contribution in [-0.4, -0.2) is 51.8 Å². The molecule has 1 saturated heterocycles. The second-order valence-electron chi connectivity index (χ2n) is 4.82. The zero-order valence-corrected chi connectivity index (χ0v) is 11.5. The lowest BCUT2D eigenvalue weighted by molar-refractivity contribution is -0.138. The van der Waals surface area contributed by atoms with E-state index in [2.05, 4.69) is 15.5 Å². The van der Waals surface area contributed by atoms with Crippen molar-refractivity contribution < 1.29 is 9.90 Å². The van der Waals surface area contributed by atoms with Gasteiger partial charge in [-0.25, -0.2) is 0 Å². The van der Waals surface area contributed by atoms with Gasteiger partial charge >= 0.3 is 5.97 Å². The largest absolute Gasteiger partial charge is 0.480 e. The fourth-order valence-corrected chi connectivity index (χ4v) is 2.35. The summed E-state index contributed by atoms with van der Waals surface area (Å²) in [5.41, 5.74) is 0.873. The number of carbonyl (C=O) groups is 1. The normalized spacial score (nSPS) is 20.2. The molecule has 0 saturated carbocycles. The summed E-state index contributed by atoms with van der Waals surface area (Å²) in [7, 11) is 0. The molecule has 6 nitrogen and oxygen atoms in total. The van der Waals surface area contributed by atoms with Gasteiger partial charge in [0.2, 0.25) is 0 Å². The summed E-state index contributed by atoms with van der Waals surface area (Å²) in [6.07, 6.45) is 1.98. The monoisotopic (exact) mass is 284 g/mol. The average molecular weight is 285 g/mol. The van der Waals surface area contributed by atoms with Crippen LogP contribution in [0.2, 0.25) is 5.15 Å². The maximum atomic E-state index is 10.7. The number of likely N-dealkylation sites (tertiary alicyclic amines) is 1. The van der Waals surface area contributed by atoms with Crippen molar-refractivity contribution in [2.75, 3.05) is 25.0 Å². The molecule has 0 amide bonds. The third-order valence-electron chi connectivity index (χ3n) is 3.14. The number of carboxylic acids is 1. The molecule has 0 spiro atoms. The van der Waals surface area contributed by atoms with Crippen LogP contribution >= 0.6 is 11.6 Å². The van der Waals surface area contributed by atoms with Gasteiger partial charge in [0.1, 0.15) is 5.82 Å². The molecule has 1 aliphatic rings. The Morgan fingerprint density at radius 2 is 2.42 bits per heavy atom. The highest BCUT2D eigenvalue weighted by Crippen LogP contribution is 2.17. The number of halogens is 1. The summed E-state index contributed by atoms with van der Waals surface area (Å²) in [6, 6.07) is 2.05. The van der Waals surface area contributed by atoms with Crippen molar-refractivity contribution in [3.05, 3.63) is 16.8 Å². The van der Waals surface area contributed by atoms with Crippen molar-refractivity contribution in [3.63, 3.8) is 0 Å². The van der Waals surface area contributed by atoms with Gasteiger partial charge in [0.25, 0.3) is 0 Å². The molecule has 104 valence electrons. The quantitative estimate of drug-likeness (QED) is 0.870. The second kappa shape index (κ2) is 6.16. The highest BCUT2D eigenvalue weighted by Gasteiger charge is 2.21. The van der Waals surface area contributed by atoms with E-state index < -0.39 is 5.97 Å². The van der Waals surface area contributed by atoms with E-state index in [0.29, 0.717) is 17.5 Å². The zero-order valence-electron chi connectivity index (χ0n) is 10.8. The Balaban J connectivity index is 1.94. The predicted octanol–water partition coefficient (Wildman–Crippen LogP) is 1.40. The number of hydrogen-bond donors (Lipinski definition) is 2. The number of rotatable bonds is 4. The van der Waals surface area contributed by atoms with E-state index in [1.54, 1.807) is 0 Å². The lowest BCUT2D eigenvalue weighted by Gasteiger charge is -2.32. The number of nitrogens with zero attached hydrogens (tertiary/aromatic N) is 3. The van der Waals surface area contributed by atoms with E-state index in [9.17, 15) is 4.79 Å². The summed E-state index contributed by atoms with van der Waals surface area (Å²) in [5, 5.41) is 20.3. The van der Waals surface area contributed by atoms with Crippen molar-refractivity contribution >= 4 is 23.4 Å². The highest BCUT2D eigenvalue weighted by molar-refractivity contribution is 6.30. The Kier molecular flexibility index (Phi) is 4.55. The van der Waals surface area contributed by atoms with E-state index >= 15 is 0 Å². The van der Waals surface area contributed by atoms with Gasteiger partial charge in [-0.1, -0.05) is 11.6 Å². The number of hydrogen-bond acceptors (Lipinski definition) is 5. The van der Waals surface area contributed by atoms with Crippen LogP contribution in [0.25, 0.3) is 0 Å². The first kappa shape index (κ1) is 14.0. The van der Waals surface area contributed by atoms with Gasteiger partial charge in [0.15, 0.2) is 5.15 Å². The summed E-state index contributed by atoms with van der Waals surface area (Å²) in [5.74, 6) is -0.105. The molecule has 2 heterocycles. The summed E-state index contributed by atoms with van der Waals surface area (Å²) < 4.78 is 0. The lowest BCUT2D eigenvalue weighted by Crippen LogP contribution is -2.44. The molecule has 0 aromatic carbocycles. The molecule has 1 aliphatic heterocycles. The number of aromatic nitrogens is 2. The minimum Gasteiger partial charge on any atom is -0.480 e. The Labute approximate surface area is 116 Å². The Morgan fingerprint density at radius 3 is 3.11 bits per heavy atom. The van der Waals surface area contributed by atoms with Gasteiger partial charge in [-0.15, -0.1) is 10.2 Å². The lowest BCUT2D eigenvalue weighted by atomic mass is 10.1. The highest BCUT2D eigenvalue weighted by atomic mass is 35.5. The number of carboxylic acid groups (broad SMARTS) is 1. The fourth-order valence-electron chi connectivity index (χ4n) is 2.26. The number of aryl methyl sites for hydroxylation is 1. The molecule has 1 aromatic rings. The minimum absolute atomic E-state index is 0.0868. The van der Waals surface area contributed by atoms with E-state index in [1.165, 1.54) is 0 Å². The van der Waals surface area contributed by atoms with Crippen LogP contribution in [0.4, 0.5) is 5.82 Å². The fraction of sp³-hybridized carbons (Fsp3) is 0.583. The van der Waals surface area contributed by atoms with Crippen molar-refractivity contribution in [2.24, 2.45) is 0 Å². The van der Waals surface area contributed by atoms with Gasteiger partial charge in [0.05, 0.1) is 6.54 Å². The SMILES string of the molecule is Cc1cc(NC2CCCN(CC(=O)O)C2)nnc1Cl. The first-order valence-corrected chi connectivity index (χ1v) is 6.63. The van der Waals surface area contributed by atoms with Crippen LogP contribution in [0.1, 0.15) is 18.4 Å². The Morgan fingerprint density at radius 1 is 1.63 bits per heavy atom. The summed E-state index contributed by atoms with van der Waals surface area (Å²) in [6.45, 7) is 3.49. The Bertz CT molecular complexity index is 469. The van der Waals surface area contributed by atoms with Gasteiger partial charge in [-0.05, 0) is 37.9 Å². The molecule has 1 atom stereocenters. The molecule has 19 heavy (non-hydrogen) atoms. The number of piperidine rings is 1. The topological polar surface area (TPSA) is 78.4 Å². The molecule has 1 aromatic heterocycles. The molecule has 0 aliphatic carbocycles. The van der Waals surface area contributed by atoms with Gasteiger partial charge in [0, 0.05) is 12.6 Å². The molecule has 1 unspecified atom stereocenters. The first-order valence-electron chi connectivity index (χ1n) is 6.25. The van der Waals surface area contributed by atoms with Crippen LogP contribution < -0.4 is 5.32 Å². The van der Waals surface area contributed by atoms with Gasteiger partial charge in [-0.2, -0.15) is 0 Å². The smallest absolute Gasteiger partial charge is 0.317 e. The number of anilines is 1. The molecular formula is C12H17ClN4O2.